The number of aryl methyl sites for hydroxylation is 1. The summed E-state index contributed by atoms with van der Waals surface area (Å²) in [6.07, 6.45) is 0. The number of imidazole rings is 1. The predicted octanol–water partition coefficient (Wildman–Crippen LogP) is 3.96. The van der Waals surface area contributed by atoms with E-state index in [0.717, 1.165) is 21.8 Å². The second-order valence-corrected chi connectivity index (χ2v) is 5.34. The molecule has 3 heteroatoms. The van der Waals surface area contributed by atoms with E-state index >= 15 is 0 Å². The first-order chi connectivity index (χ1) is 10.8. The molecule has 0 saturated carbocycles. The zero-order valence-corrected chi connectivity index (χ0v) is 12.2. The molecule has 0 spiro atoms. The molecule has 106 valence electrons. The maximum atomic E-state index is 13.0. The van der Waals surface area contributed by atoms with Gasteiger partial charge in [0.1, 0.15) is 0 Å². The third kappa shape index (κ3) is 1.83. The van der Waals surface area contributed by atoms with Crippen LogP contribution in [0.3, 0.4) is 0 Å². The van der Waals surface area contributed by atoms with Crippen molar-refractivity contribution in [3.8, 4) is 0 Å². The van der Waals surface area contributed by atoms with Gasteiger partial charge in [0.2, 0.25) is 5.78 Å². The molecule has 0 amide bonds. The molecule has 0 aliphatic carbocycles. The average Bonchev–Trinajstić information content (AvgIpc) is 2.91. The Labute approximate surface area is 127 Å². The fourth-order valence-electron chi connectivity index (χ4n) is 2.89. The largest absolute Gasteiger partial charge is 0.324 e. The van der Waals surface area contributed by atoms with Gasteiger partial charge in [-0.05, 0) is 22.9 Å². The molecule has 0 bridgehead atoms. The number of rotatable bonds is 2. The summed E-state index contributed by atoms with van der Waals surface area (Å²) in [5.41, 5.74) is 2.50. The van der Waals surface area contributed by atoms with Gasteiger partial charge in [-0.3, -0.25) is 4.79 Å². The molecular weight excluding hydrogens is 272 g/mol. The summed E-state index contributed by atoms with van der Waals surface area (Å²) < 4.78 is 1.86. The van der Waals surface area contributed by atoms with Crippen molar-refractivity contribution in [1.29, 1.82) is 0 Å². The van der Waals surface area contributed by atoms with Gasteiger partial charge in [0.15, 0.2) is 5.82 Å². The Balaban J connectivity index is 1.94. The minimum absolute atomic E-state index is 0.0458. The molecule has 1 heterocycles. The number of nitrogens with zero attached hydrogens (tertiary/aromatic N) is 2. The van der Waals surface area contributed by atoms with Crippen molar-refractivity contribution < 1.29 is 4.79 Å². The number of carbonyl (C=O) groups is 1. The zero-order chi connectivity index (χ0) is 15.1. The number of fused-ring (bicyclic) bond motifs is 2. The van der Waals surface area contributed by atoms with Crippen molar-refractivity contribution in [2.75, 3.05) is 0 Å². The molecule has 0 fully saturated rings. The van der Waals surface area contributed by atoms with Crippen molar-refractivity contribution in [2.24, 2.45) is 7.05 Å². The van der Waals surface area contributed by atoms with Crippen molar-refractivity contribution in [3.05, 3.63) is 78.1 Å². The number of ketones is 1. The molecule has 22 heavy (non-hydrogen) atoms. The SMILES string of the molecule is Cn1c(C(=O)c2cccc3ccccc23)nc2ccccc21. The second-order valence-electron chi connectivity index (χ2n) is 5.34. The molecular formula is C19H14N2O. The van der Waals surface area contributed by atoms with Crippen LogP contribution in [0, 0.1) is 0 Å². The number of para-hydroxylation sites is 2. The molecule has 0 unspecified atom stereocenters. The lowest BCUT2D eigenvalue weighted by molar-refractivity contribution is 0.102. The molecule has 4 aromatic rings. The smallest absolute Gasteiger partial charge is 0.229 e. The summed E-state index contributed by atoms with van der Waals surface area (Å²) in [5, 5.41) is 2.02. The molecule has 0 aliphatic rings. The number of hydrogen-bond donors (Lipinski definition) is 0. The number of benzene rings is 3. The van der Waals surface area contributed by atoms with Gasteiger partial charge >= 0.3 is 0 Å². The third-order valence-corrected chi connectivity index (χ3v) is 4.02. The average molecular weight is 286 g/mol. The summed E-state index contributed by atoms with van der Waals surface area (Å²) in [4.78, 5) is 17.5. The van der Waals surface area contributed by atoms with E-state index in [1.807, 2.05) is 78.3 Å². The highest BCUT2D eigenvalue weighted by molar-refractivity contribution is 6.15. The van der Waals surface area contributed by atoms with E-state index in [0.29, 0.717) is 11.4 Å². The van der Waals surface area contributed by atoms with Crippen molar-refractivity contribution in [2.45, 2.75) is 0 Å². The van der Waals surface area contributed by atoms with E-state index in [4.69, 9.17) is 0 Å². The highest BCUT2D eigenvalue weighted by Gasteiger charge is 2.18. The minimum Gasteiger partial charge on any atom is -0.324 e. The highest BCUT2D eigenvalue weighted by atomic mass is 16.1. The Bertz CT molecular complexity index is 1010. The summed E-state index contributed by atoms with van der Waals surface area (Å²) in [5.74, 6) is 0.424. The molecule has 4 rings (SSSR count). The van der Waals surface area contributed by atoms with Gasteiger partial charge in [-0.2, -0.15) is 0 Å². The van der Waals surface area contributed by atoms with Crippen molar-refractivity contribution >= 4 is 27.6 Å². The summed E-state index contributed by atoms with van der Waals surface area (Å²) in [6, 6.07) is 21.5. The third-order valence-electron chi connectivity index (χ3n) is 4.02. The number of aromatic nitrogens is 2. The van der Waals surface area contributed by atoms with Crippen LogP contribution in [-0.2, 0) is 7.05 Å². The first kappa shape index (κ1) is 12.8. The van der Waals surface area contributed by atoms with Gasteiger partial charge in [0.05, 0.1) is 11.0 Å². The van der Waals surface area contributed by atoms with E-state index in [9.17, 15) is 4.79 Å². The van der Waals surface area contributed by atoms with E-state index in [1.54, 1.807) is 0 Å². The fraction of sp³-hybridized carbons (Fsp3) is 0.0526. The lowest BCUT2D eigenvalue weighted by atomic mass is 10.0. The standard InChI is InChI=1S/C19H14N2O/c1-21-17-12-5-4-11-16(17)20-19(21)18(22)15-10-6-8-13-7-2-3-9-14(13)15/h2-12H,1H3. The van der Waals surface area contributed by atoms with Gasteiger partial charge in [-0.15, -0.1) is 0 Å². The molecule has 0 N–H and O–H groups in total. The van der Waals surface area contributed by atoms with Crippen LogP contribution >= 0.6 is 0 Å². The maximum absolute atomic E-state index is 13.0. The van der Waals surface area contributed by atoms with E-state index in [2.05, 4.69) is 4.98 Å². The van der Waals surface area contributed by atoms with Crippen LogP contribution in [0.4, 0.5) is 0 Å². The Morgan fingerprint density at radius 2 is 1.64 bits per heavy atom. The topological polar surface area (TPSA) is 34.9 Å². The van der Waals surface area contributed by atoms with Gasteiger partial charge in [0, 0.05) is 12.6 Å². The van der Waals surface area contributed by atoms with Crippen LogP contribution in [0.25, 0.3) is 21.8 Å². The summed E-state index contributed by atoms with van der Waals surface area (Å²) >= 11 is 0. The van der Waals surface area contributed by atoms with Crippen molar-refractivity contribution in [1.82, 2.24) is 9.55 Å². The van der Waals surface area contributed by atoms with Crippen molar-refractivity contribution in [3.63, 3.8) is 0 Å². The Hall–Kier alpha value is -2.94. The van der Waals surface area contributed by atoms with Gasteiger partial charge in [-0.25, -0.2) is 4.98 Å². The van der Waals surface area contributed by atoms with Gasteiger partial charge < -0.3 is 4.57 Å². The molecule has 3 nitrogen and oxygen atoms in total. The molecule has 0 radical (unpaired) electrons. The van der Waals surface area contributed by atoms with E-state index < -0.39 is 0 Å². The van der Waals surface area contributed by atoms with Crippen LogP contribution in [0.1, 0.15) is 16.2 Å². The molecule has 0 saturated heterocycles. The van der Waals surface area contributed by atoms with Crippen LogP contribution in [0.5, 0.6) is 0 Å². The Morgan fingerprint density at radius 3 is 2.50 bits per heavy atom. The van der Waals surface area contributed by atoms with Crippen LogP contribution < -0.4 is 0 Å². The normalized spacial score (nSPS) is 11.1. The quantitative estimate of drug-likeness (QED) is 0.523. The second kappa shape index (κ2) is 4.81. The first-order valence-corrected chi connectivity index (χ1v) is 7.19. The molecule has 0 aliphatic heterocycles. The zero-order valence-electron chi connectivity index (χ0n) is 12.2. The minimum atomic E-state index is -0.0458. The molecule has 0 atom stereocenters. The van der Waals surface area contributed by atoms with Crippen LogP contribution in [0.2, 0.25) is 0 Å². The number of hydrogen-bond acceptors (Lipinski definition) is 2. The highest BCUT2D eigenvalue weighted by Crippen LogP contribution is 2.23. The monoisotopic (exact) mass is 286 g/mol. The Kier molecular flexibility index (Phi) is 2.79. The van der Waals surface area contributed by atoms with E-state index in [-0.39, 0.29) is 5.78 Å². The first-order valence-electron chi connectivity index (χ1n) is 7.19. The van der Waals surface area contributed by atoms with Crippen LogP contribution in [-0.4, -0.2) is 15.3 Å². The maximum Gasteiger partial charge on any atom is 0.229 e. The van der Waals surface area contributed by atoms with Crippen LogP contribution in [0.15, 0.2) is 66.7 Å². The molecule has 1 aromatic heterocycles. The Morgan fingerprint density at radius 1 is 0.909 bits per heavy atom. The lowest BCUT2D eigenvalue weighted by Gasteiger charge is -2.06. The summed E-state index contributed by atoms with van der Waals surface area (Å²) in [6.45, 7) is 0. The van der Waals surface area contributed by atoms with Gasteiger partial charge in [0.25, 0.3) is 0 Å². The number of carbonyl (C=O) groups excluding carboxylic acids is 1. The van der Waals surface area contributed by atoms with E-state index in [1.165, 1.54) is 0 Å². The summed E-state index contributed by atoms with van der Waals surface area (Å²) in [7, 11) is 1.88. The van der Waals surface area contributed by atoms with Gasteiger partial charge in [-0.1, -0.05) is 54.6 Å². The predicted molar refractivity (Wildman–Crippen MR) is 88.1 cm³/mol. The lowest BCUT2D eigenvalue weighted by Crippen LogP contribution is -2.09. The molecule has 3 aromatic carbocycles. The fourth-order valence-corrected chi connectivity index (χ4v) is 2.89.